The largest absolute Gasteiger partial charge is 0.337 e. The van der Waals surface area contributed by atoms with E-state index in [9.17, 15) is 0 Å². The predicted molar refractivity (Wildman–Crippen MR) is 103 cm³/mol. The zero-order valence-corrected chi connectivity index (χ0v) is 15.8. The van der Waals surface area contributed by atoms with Crippen LogP contribution < -0.4 is 0 Å². The summed E-state index contributed by atoms with van der Waals surface area (Å²) in [5.41, 5.74) is 1.23. The Morgan fingerprint density at radius 2 is 1.79 bits per heavy atom. The van der Waals surface area contributed by atoms with Crippen molar-refractivity contribution in [3.05, 3.63) is 81.8 Å². The van der Waals surface area contributed by atoms with Gasteiger partial charge in [0, 0.05) is 34.1 Å². The quantitative estimate of drug-likeness (QED) is 0.427. The van der Waals surface area contributed by atoms with Gasteiger partial charge in [0.05, 0.1) is 16.4 Å². The van der Waals surface area contributed by atoms with Crippen molar-refractivity contribution >= 4 is 46.6 Å². The molecule has 3 rings (SSSR count). The highest BCUT2D eigenvalue weighted by Gasteiger charge is 2.14. The van der Waals surface area contributed by atoms with Crippen molar-refractivity contribution in [2.45, 2.75) is 23.1 Å². The fourth-order valence-electron chi connectivity index (χ4n) is 2.37. The molecule has 1 aromatic heterocycles. The van der Waals surface area contributed by atoms with Crippen molar-refractivity contribution in [2.75, 3.05) is 0 Å². The van der Waals surface area contributed by atoms with E-state index in [4.69, 9.17) is 34.8 Å². The average Bonchev–Trinajstić information content (AvgIpc) is 3.09. The molecule has 2 aromatic carbocycles. The van der Waals surface area contributed by atoms with Crippen LogP contribution in [-0.2, 0) is 6.54 Å². The Morgan fingerprint density at radius 3 is 2.46 bits per heavy atom. The van der Waals surface area contributed by atoms with Gasteiger partial charge in [0.25, 0.3) is 0 Å². The first-order valence-electron chi connectivity index (χ1n) is 7.45. The van der Waals surface area contributed by atoms with E-state index in [-0.39, 0.29) is 5.25 Å². The van der Waals surface area contributed by atoms with Crippen LogP contribution in [-0.4, -0.2) is 9.55 Å². The van der Waals surface area contributed by atoms with Gasteiger partial charge >= 0.3 is 0 Å². The number of thioether (sulfide) groups is 1. The Bertz CT molecular complexity index is 789. The average molecular weight is 398 g/mol. The van der Waals surface area contributed by atoms with Gasteiger partial charge in [-0.2, -0.15) is 0 Å². The molecule has 124 valence electrons. The first-order chi connectivity index (χ1) is 11.6. The maximum absolute atomic E-state index is 6.15. The van der Waals surface area contributed by atoms with Crippen LogP contribution in [0.3, 0.4) is 0 Å². The number of halogens is 3. The fourth-order valence-corrected chi connectivity index (χ4v) is 4.04. The lowest BCUT2D eigenvalue weighted by molar-refractivity contribution is 0.634. The highest BCUT2D eigenvalue weighted by atomic mass is 35.5. The highest BCUT2D eigenvalue weighted by molar-refractivity contribution is 7.99. The molecule has 24 heavy (non-hydrogen) atoms. The molecule has 0 saturated heterocycles. The third-order valence-electron chi connectivity index (χ3n) is 3.62. The third-order valence-corrected chi connectivity index (χ3v) is 5.93. The number of rotatable bonds is 6. The minimum atomic E-state index is 0.280. The molecule has 0 bridgehead atoms. The van der Waals surface area contributed by atoms with Gasteiger partial charge in [-0.15, -0.1) is 11.8 Å². The molecule has 0 spiro atoms. The van der Waals surface area contributed by atoms with Gasteiger partial charge in [-0.25, -0.2) is 4.98 Å². The summed E-state index contributed by atoms with van der Waals surface area (Å²) in [4.78, 5) is 5.19. The zero-order chi connectivity index (χ0) is 16.9. The minimum Gasteiger partial charge on any atom is -0.337 e. The Labute approximate surface area is 160 Å². The van der Waals surface area contributed by atoms with Crippen LogP contribution in [0, 0.1) is 0 Å². The summed E-state index contributed by atoms with van der Waals surface area (Å²) < 4.78 is 2.08. The summed E-state index contributed by atoms with van der Waals surface area (Å²) in [6.07, 6.45) is 6.57. The second-order valence-electron chi connectivity index (χ2n) is 5.32. The van der Waals surface area contributed by atoms with Gasteiger partial charge in [0.15, 0.2) is 0 Å². The van der Waals surface area contributed by atoms with Crippen LogP contribution >= 0.6 is 46.6 Å². The molecule has 1 unspecified atom stereocenters. The van der Waals surface area contributed by atoms with Crippen molar-refractivity contribution in [1.82, 2.24) is 9.55 Å². The third kappa shape index (κ3) is 4.70. The van der Waals surface area contributed by atoms with Crippen molar-refractivity contribution in [3.63, 3.8) is 0 Å². The monoisotopic (exact) mass is 396 g/mol. The van der Waals surface area contributed by atoms with E-state index in [2.05, 4.69) is 21.7 Å². The van der Waals surface area contributed by atoms with Crippen molar-refractivity contribution in [2.24, 2.45) is 0 Å². The van der Waals surface area contributed by atoms with E-state index in [1.807, 2.05) is 42.9 Å². The number of aryl methyl sites for hydroxylation is 1. The van der Waals surface area contributed by atoms with Crippen LogP contribution in [0.15, 0.2) is 66.1 Å². The van der Waals surface area contributed by atoms with Gasteiger partial charge in [-0.3, -0.25) is 0 Å². The standard InChI is InChI=1S/C18H15Cl3N2S/c19-14-3-1-13(2-4-14)18(7-9-23-10-8-22-12-23)24-15-5-6-16(20)17(21)11-15/h1-6,8,10-12,18H,7,9H2. The lowest BCUT2D eigenvalue weighted by Gasteiger charge is -2.18. The number of benzene rings is 2. The molecule has 6 heteroatoms. The summed E-state index contributed by atoms with van der Waals surface area (Å²) in [5, 5.41) is 2.17. The Balaban J connectivity index is 1.80. The first-order valence-corrected chi connectivity index (χ1v) is 9.46. The van der Waals surface area contributed by atoms with Crippen LogP contribution in [0.4, 0.5) is 0 Å². The lowest BCUT2D eigenvalue weighted by atomic mass is 10.1. The van der Waals surface area contributed by atoms with Crippen molar-refractivity contribution in [3.8, 4) is 0 Å². The maximum Gasteiger partial charge on any atom is 0.0945 e. The Kier molecular flexibility index (Phi) is 6.12. The maximum atomic E-state index is 6.15. The van der Waals surface area contributed by atoms with E-state index in [1.165, 1.54) is 5.56 Å². The molecule has 0 amide bonds. The van der Waals surface area contributed by atoms with E-state index in [1.54, 1.807) is 18.0 Å². The molecule has 0 radical (unpaired) electrons. The molecule has 3 aromatic rings. The Hall–Kier alpha value is -1.13. The molecule has 0 aliphatic carbocycles. The highest BCUT2D eigenvalue weighted by Crippen LogP contribution is 2.40. The van der Waals surface area contributed by atoms with E-state index < -0.39 is 0 Å². The molecular formula is C18H15Cl3N2S. The Morgan fingerprint density at radius 1 is 1.00 bits per heavy atom. The van der Waals surface area contributed by atoms with Gasteiger partial charge in [-0.05, 0) is 42.3 Å². The van der Waals surface area contributed by atoms with Crippen LogP contribution in [0.1, 0.15) is 17.2 Å². The molecule has 0 N–H and O–H groups in total. The normalized spacial score (nSPS) is 12.3. The van der Waals surface area contributed by atoms with E-state index in [0.29, 0.717) is 10.0 Å². The number of imidazole rings is 1. The topological polar surface area (TPSA) is 17.8 Å². The number of hydrogen-bond acceptors (Lipinski definition) is 2. The smallest absolute Gasteiger partial charge is 0.0945 e. The molecule has 0 aliphatic heterocycles. The summed E-state index contributed by atoms with van der Waals surface area (Å²) in [5.74, 6) is 0. The van der Waals surface area contributed by atoms with E-state index >= 15 is 0 Å². The van der Waals surface area contributed by atoms with Gasteiger partial charge in [-0.1, -0.05) is 46.9 Å². The summed E-state index contributed by atoms with van der Waals surface area (Å²) in [6.45, 7) is 0.890. The molecule has 0 fully saturated rings. The van der Waals surface area contributed by atoms with Crippen molar-refractivity contribution < 1.29 is 0 Å². The van der Waals surface area contributed by atoms with Gasteiger partial charge in [0.2, 0.25) is 0 Å². The molecule has 2 nitrogen and oxygen atoms in total. The second kappa shape index (κ2) is 8.30. The fraction of sp³-hybridized carbons (Fsp3) is 0.167. The van der Waals surface area contributed by atoms with Gasteiger partial charge in [0.1, 0.15) is 0 Å². The number of hydrogen-bond donors (Lipinski definition) is 0. The summed E-state index contributed by atoms with van der Waals surface area (Å²) in [7, 11) is 0. The van der Waals surface area contributed by atoms with Crippen LogP contribution in [0.2, 0.25) is 15.1 Å². The molecule has 0 saturated carbocycles. The lowest BCUT2D eigenvalue weighted by Crippen LogP contribution is -2.01. The summed E-state index contributed by atoms with van der Waals surface area (Å²) in [6, 6.07) is 13.7. The van der Waals surface area contributed by atoms with Gasteiger partial charge < -0.3 is 4.57 Å². The molecule has 1 atom stereocenters. The van der Waals surface area contributed by atoms with Crippen molar-refractivity contribution in [1.29, 1.82) is 0 Å². The number of nitrogens with zero attached hydrogens (tertiary/aromatic N) is 2. The summed E-state index contributed by atoms with van der Waals surface area (Å²) >= 11 is 20.0. The molecular weight excluding hydrogens is 383 g/mol. The first kappa shape index (κ1) is 17.7. The van der Waals surface area contributed by atoms with E-state index in [0.717, 1.165) is 22.9 Å². The van der Waals surface area contributed by atoms with Crippen LogP contribution in [0.5, 0.6) is 0 Å². The second-order valence-corrected chi connectivity index (χ2v) is 7.85. The minimum absolute atomic E-state index is 0.280. The molecule has 0 aliphatic rings. The zero-order valence-electron chi connectivity index (χ0n) is 12.7. The predicted octanol–water partition coefficient (Wildman–Crippen LogP) is 6.77. The SMILES string of the molecule is Clc1ccc(C(CCn2ccnc2)Sc2ccc(Cl)c(Cl)c2)cc1. The molecule has 1 heterocycles. The number of aromatic nitrogens is 2. The van der Waals surface area contributed by atoms with Crippen LogP contribution in [0.25, 0.3) is 0 Å².